The van der Waals surface area contributed by atoms with Gasteiger partial charge in [-0.05, 0) is 29.8 Å². The van der Waals surface area contributed by atoms with E-state index in [1.54, 1.807) is 48.5 Å². The average molecular weight is 289 g/mol. The van der Waals surface area contributed by atoms with Gasteiger partial charge in [0, 0.05) is 16.3 Å². The van der Waals surface area contributed by atoms with Crippen LogP contribution in [-0.4, -0.2) is 11.8 Å². The summed E-state index contributed by atoms with van der Waals surface area (Å²) >= 11 is 5.85. The van der Waals surface area contributed by atoms with Gasteiger partial charge in [0.05, 0.1) is 6.42 Å². The maximum absolute atomic E-state index is 12.1. The minimum atomic E-state index is -0.450. The number of amides is 2. The molecule has 0 saturated carbocycles. The third kappa shape index (κ3) is 3.59. The highest BCUT2D eigenvalue weighted by Crippen LogP contribution is 2.18. The van der Waals surface area contributed by atoms with Crippen LogP contribution in [0.1, 0.15) is 15.9 Å². The number of halogens is 1. The Morgan fingerprint density at radius 2 is 1.85 bits per heavy atom. The quantitative estimate of drug-likeness (QED) is 0.908. The fourth-order valence-corrected chi connectivity index (χ4v) is 2.00. The van der Waals surface area contributed by atoms with Crippen molar-refractivity contribution in [3.63, 3.8) is 0 Å². The Labute approximate surface area is 121 Å². The molecule has 0 fully saturated rings. The molecule has 0 unspecified atom stereocenters. The standard InChI is InChI=1S/C15H13ClN2O2/c16-12-6-3-5-11(8-12)15(20)18-13-7-2-1-4-10(13)9-14(17)19/h1-8H,9H2,(H2,17,19)(H,18,20). The van der Waals surface area contributed by atoms with Gasteiger partial charge in [-0.1, -0.05) is 35.9 Å². The van der Waals surface area contributed by atoms with Gasteiger partial charge < -0.3 is 11.1 Å². The lowest BCUT2D eigenvalue weighted by Gasteiger charge is -2.10. The van der Waals surface area contributed by atoms with Crippen LogP contribution in [0.15, 0.2) is 48.5 Å². The third-order valence-corrected chi connectivity index (χ3v) is 2.95. The van der Waals surface area contributed by atoms with Crippen LogP contribution in [-0.2, 0) is 11.2 Å². The van der Waals surface area contributed by atoms with Gasteiger partial charge in [-0.3, -0.25) is 9.59 Å². The second-order valence-corrected chi connectivity index (χ2v) is 4.70. The Morgan fingerprint density at radius 3 is 2.55 bits per heavy atom. The molecule has 102 valence electrons. The summed E-state index contributed by atoms with van der Waals surface area (Å²) in [7, 11) is 0. The molecule has 0 radical (unpaired) electrons. The van der Waals surface area contributed by atoms with E-state index in [9.17, 15) is 9.59 Å². The first-order chi connectivity index (χ1) is 9.56. The van der Waals surface area contributed by atoms with E-state index in [0.29, 0.717) is 21.8 Å². The highest BCUT2D eigenvalue weighted by atomic mass is 35.5. The van der Waals surface area contributed by atoms with Gasteiger partial charge in [0.2, 0.25) is 5.91 Å². The Kier molecular flexibility index (Phi) is 4.38. The summed E-state index contributed by atoms with van der Waals surface area (Å²) in [6.07, 6.45) is 0.0754. The van der Waals surface area contributed by atoms with Crippen LogP contribution in [0.4, 0.5) is 5.69 Å². The summed E-state index contributed by atoms with van der Waals surface area (Å²) < 4.78 is 0. The van der Waals surface area contributed by atoms with Crippen molar-refractivity contribution in [3.05, 3.63) is 64.7 Å². The zero-order valence-electron chi connectivity index (χ0n) is 10.6. The average Bonchev–Trinajstić information content (AvgIpc) is 2.40. The molecule has 0 aliphatic rings. The molecule has 0 bridgehead atoms. The van der Waals surface area contributed by atoms with E-state index < -0.39 is 5.91 Å². The largest absolute Gasteiger partial charge is 0.369 e. The zero-order chi connectivity index (χ0) is 14.5. The van der Waals surface area contributed by atoms with E-state index in [1.807, 2.05) is 0 Å². The van der Waals surface area contributed by atoms with E-state index in [-0.39, 0.29) is 12.3 Å². The summed E-state index contributed by atoms with van der Waals surface area (Å²) in [6, 6.07) is 13.7. The predicted molar refractivity (Wildman–Crippen MR) is 78.7 cm³/mol. The Bertz CT molecular complexity index is 656. The molecule has 0 heterocycles. The smallest absolute Gasteiger partial charge is 0.255 e. The van der Waals surface area contributed by atoms with Crippen LogP contribution < -0.4 is 11.1 Å². The number of para-hydroxylation sites is 1. The van der Waals surface area contributed by atoms with Gasteiger partial charge in [-0.2, -0.15) is 0 Å². The molecule has 2 aromatic carbocycles. The fraction of sp³-hybridized carbons (Fsp3) is 0.0667. The first kappa shape index (κ1) is 14.1. The lowest BCUT2D eigenvalue weighted by molar-refractivity contribution is -0.117. The molecule has 0 aliphatic carbocycles. The number of benzene rings is 2. The Hall–Kier alpha value is -2.33. The van der Waals surface area contributed by atoms with E-state index >= 15 is 0 Å². The summed E-state index contributed by atoms with van der Waals surface area (Å²) in [6.45, 7) is 0. The van der Waals surface area contributed by atoms with E-state index in [1.165, 1.54) is 0 Å². The molecule has 2 aromatic rings. The van der Waals surface area contributed by atoms with Crippen LogP contribution in [0.3, 0.4) is 0 Å². The van der Waals surface area contributed by atoms with Crippen LogP contribution in [0.25, 0.3) is 0 Å². The molecule has 0 spiro atoms. The third-order valence-electron chi connectivity index (χ3n) is 2.72. The number of anilines is 1. The number of nitrogens with two attached hydrogens (primary N) is 1. The highest BCUT2D eigenvalue weighted by Gasteiger charge is 2.10. The summed E-state index contributed by atoms with van der Waals surface area (Å²) in [5.41, 5.74) is 6.88. The van der Waals surface area contributed by atoms with Crippen molar-refractivity contribution in [3.8, 4) is 0 Å². The van der Waals surface area contributed by atoms with E-state index in [0.717, 1.165) is 0 Å². The van der Waals surface area contributed by atoms with Crippen LogP contribution >= 0.6 is 11.6 Å². The molecular weight excluding hydrogens is 276 g/mol. The number of hydrogen-bond donors (Lipinski definition) is 2. The van der Waals surface area contributed by atoms with Gasteiger partial charge in [-0.25, -0.2) is 0 Å². The van der Waals surface area contributed by atoms with Gasteiger partial charge in [-0.15, -0.1) is 0 Å². The lowest BCUT2D eigenvalue weighted by atomic mass is 10.1. The molecule has 4 nitrogen and oxygen atoms in total. The van der Waals surface area contributed by atoms with Crippen molar-refractivity contribution >= 4 is 29.1 Å². The molecular formula is C15H13ClN2O2. The predicted octanol–water partition coefficient (Wildman–Crippen LogP) is 2.62. The molecule has 3 N–H and O–H groups in total. The maximum atomic E-state index is 12.1. The normalized spacial score (nSPS) is 10.1. The second-order valence-electron chi connectivity index (χ2n) is 4.26. The molecule has 0 saturated heterocycles. The monoisotopic (exact) mass is 288 g/mol. The summed E-state index contributed by atoms with van der Waals surface area (Å²) in [5.74, 6) is -0.737. The Morgan fingerprint density at radius 1 is 1.10 bits per heavy atom. The second kappa shape index (κ2) is 6.21. The molecule has 5 heteroatoms. The fourth-order valence-electron chi connectivity index (χ4n) is 1.81. The number of carbonyl (C=O) groups excluding carboxylic acids is 2. The molecule has 0 atom stereocenters. The minimum absolute atomic E-state index is 0.0754. The molecule has 2 rings (SSSR count). The topological polar surface area (TPSA) is 72.2 Å². The van der Waals surface area contributed by atoms with Crippen molar-refractivity contribution in [2.45, 2.75) is 6.42 Å². The first-order valence-electron chi connectivity index (χ1n) is 5.99. The van der Waals surface area contributed by atoms with Crippen molar-refractivity contribution in [1.82, 2.24) is 0 Å². The van der Waals surface area contributed by atoms with Crippen molar-refractivity contribution in [2.24, 2.45) is 5.73 Å². The summed E-state index contributed by atoms with van der Waals surface area (Å²) in [5, 5.41) is 3.24. The summed E-state index contributed by atoms with van der Waals surface area (Å²) in [4.78, 5) is 23.1. The SMILES string of the molecule is NC(=O)Cc1ccccc1NC(=O)c1cccc(Cl)c1. The highest BCUT2D eigenvalue weighted by molar-refractivity contribution is 6.31. The number of hydrogen-bond acceptors (Lipinski definition) is 2. The number of primary amides is 1. The van der Waals surface area contributed by atoms with Crippen molar-refractivity contribution < 1.29 is 9.59 Å². The van der Waals surface area contributed by atoms with Gasteiger partial charge in [0.1, 0.15) is 0 Å². The van der Waals surface area contributed by atoms with E-state index in [4.69, 9.17) is 17.3 Å². The minimum Gasteiger partial charge on any atom is -0.369 e. The number of rotatable bonds is 4. The molecule has 0 aromatic heterocycles. The van der Waals surface area contributed by atoms with Crippen molar-refractivity contribution in [1.29, 1.82) is 0 Å². The van der Waals surface area contributed by atoms with Crippen LogP contribution in [0.2, 0.25) is 5.02 Å². The van der Waals surface area contributed by atoms with Gasteiger partial charge in [0.15, 0.2) is 0 Å². The zero-order valence-corrected chi connectivity index (χ0v) is 11.4. The first-order valence-corrected chi connectivity index (χ1v) is 6.37. The molecule has 0 aliphatic heterocycles. The maximum Gasteiger partial charge on any atom is 0.255 e. The van der Waals surface area contributed by atoms with Gasteiger partial charge >= 0.3 is 0 Å². The van der Waals surface area contributed by atoms with Crippen LogP contribution in [0.5, 0.6) is 0 Å². The van der Waals surface area contributed by atoms with E-state index in [2.05, 4.69) is 5.32 Å². The van der Waals surface area contributed by atoms with Crippen molar-refractivity contribution in [2.75, 3.05) is 5.32 Å². The molecule has 20 heavy (non-hydrogen) atoms. The molecule has 2 amide bonds. The van der Waals surface area contributed by atoms with Crippen LogP contribution in [0, 0.1) is 0 Å². The number of nitrogens with one attached hydrogen (secondary N) is 1. The number of carbonyl (C=O) groups is 2. The lowest BCUT2D eigenvalue weighted by Crippen LogP contribution is -2.17. The van der Waals surface area contributed by atoms with Gasteiger partial charge in [0.25, 0.3) is 5.91 Å². The Balaban J connectivity index is 2.21.